The molecule has 2 rings (SSSR count). The van der Waals surface area contributed by atoms with Crippen molar-refractivity contribution in [2.24, 2.45) is 0 Å². The van der Waals surface area contributed by atoms with Gasteiger partial charge in [-0.25, -0.2) is 9.78 Å². The summed E-state index contributed by atoms with van der Waals surface area (Å²) in [6.07, 6.45) is 0.992. The molecular weight excluding hydrogens is 252 g/mol. The van der Waals surface area contributed by atoms with Gasteiger partial charge in [0, 0.05) is 18.0 Å². The molecule has 4 heteroatoms. The normalized spacial score (nSPS) is 11.0. The lowest BCUT2D eigenvalue weighted by Crippen LogP contribution is -2.32. The molecule has 0 aliphatic rings. The van der Waals surface area contributed by atoms with Gasteiger partial charge in [-0.15, -0.1) is 0 Å². The predicted molar refractivity (Wildman–Crippen MR) is 81.5 cm³/mol. The second-order valence-electron chi connectivity index (χ2n) is 5.14. The topological polar surface area (TPSA) is 53.4 Å². The van der Waals surface area contributed by atoms with Crippen LogP contribution in [0.15, 0.2) is 30.3 Å². The van der Waals surface area contributed by atoms with E-state index in [9.17, 15) is 9.90 Å². The summed E-state index contributed by atoms with van der Waals surface area (Å²) in [6.45, 7) is 7.16. The predicted octanol–water partition coefficient (Wildman–Crippen LogP) is 3.56. The minimum atomic E-state index is -0.989. The largest absolute Gasteiger partial charge is 0.477 e. The first kappa shape index (κ1) is 14.3. The van der Waals surface area contributed by atoms with E-state index < -0.39 is 5.97 Å². The Hall–Kier alpha value is -2.10. The van der Waals surface area contributed by atoms with Crippen LogP contribution in [-0.2, 0) is 0 Å². The van der Waals surface area contributed by atoms with Crippen LogP contribution in [-0.4, -0.2) is 28.6 Å². The van der Waals surface area contributed by atoms with Gasteiger partial charge in [-0.3, -0.25) is 0 Å². The van der Waals surface area contributed by atoms with Gasteiger partial charge in [0.15, 0.2) is 5.69 Å². The van der Waals surface area contributed by atoms with Crippen molar-refractivity contribution >= 4 is 22.6 Å². The summed E-state index contributed by atoms with van der Waals surface area (Å²) >= 11 is 0. The van der Waals surface area contributed by atoms with E-state index in [0.29, 0.717) is 0 Å². The van der Waals surface area contributed by atoms with Crippen LogP contribution in [0.3, 0.4) is 0 Å². The molecule has 0 unspecified atom stereocenters. The van der Waals surface area contributed by atoms with Gasteiger partial charge in [0.05, 0.1) is 0 Å². The summed E-state index contributed by atoms with van der Waals surface area (Å²) in [5, 5.41) is 11.2. The van der Waals surface area contributed by atoms with Gasteiger partial charge in [0.25, 0.3) is 0 Å². The number of aromatic nitrogens is 1. The average Bonchev–Trinajstić information content (AvgIpc) is 2.43. The molecule has 0 atom stereocenters. The highest BCUT2D eigenvalue weighted by molar-refractivity contribution is 5.98. The van der Waals surface area contributed by atoms with E-state index in [4.69, 9.17) is 0 Å². The fraction of sp³-hybridized carbons (Fsp3) is 0.375. The molecule has 0 aliphatic carbocycles. The Kier molecular flexibility index (Phi) is 4.23. The maximum atomic E-state index is 11.3. The Morgan fingerprint density at radius 1 is 1.35 bits per heavy atom. The van der Waals surface area contributed by atoms with Crippen LogP contribution in [0.2, 0.25) is 0 Å². The highest BCUT2D eigenvalue weighted by atomic mass is 16.4. The molecule has 4 nitrogen and oxygen atoms in total. The SMILES string of the molecule is CCCN(c1nc(C(=O)O)cc2ccccc12)C(C)C. The summed E-state index contributed by atoms with van der Waals surface area (Å²) in [5.41, 5.74) is 0.0976. The standard InChI is InChI=1S/C16H20N2O2/c1-4-9-18(11(2)3)15-13-8-6-5-7-12(13)10-14(17-15)16(19)20/h5-8,10-11H,4,9H2,1-3H3,(H,19,20). The van der Waals surface area contributed by atoms with Crippen molar-refractivity contribution in [2.45, 2.75) is 33.2 Å². The molecule has 106 valence electrons. The monoisotopic (exact) mass is 272 g/mol. The highest BCUT2D eigenvalue weighted by Crippen LogP contribution is 2.27. The first-order valence-electron chi connectivity index (χ1n) is 6.94. The Labute approximate surface area is 119 Å². The van der Waals surface area contributed by atoms with Crippen LogP contribution in [0.5, 0.6) is 0 Å². The van der Waals surface area contributed by atoms with E-state index in [0.717, 1.165) is 29.6 Å². The van der Waals surface area contributed by atoms with E-state index in [1.54, 1.807) is 6.07 Å². The maximum Gasteiger partial charge on any atom is 0.354 e. The van der Waals surface area contributed by atoms with E-state index in [1.165, 1.54) is 0 Å². The molecule has 0 amide bonds. The van der Waals surface area contributed by atoms with E-state index in [2.05, 4.69) is 30.7 Å². The molecule has 0 saturated carbocycles. The third-order valence-corrected chi connectivity index (χ3v) is 3.30. The lowest BCUT2D eigenvalue weighted by atomic mass is 10.1. The van der Waals surface area contributed by atoms with Crippen LogP contribution in [0.1, 0.15) is 37.7 Å². The van der Waals surface area contributed by atoms with Crippen molar-refractivity contribution in [3.05, 3.63) is 36.0 Å². The molecule has 0 bridgehead atoms. The van der Waals surface area contributed by atoms with Crippen LogP contribution >= 0.6 is 0 Å². The van der Waals surface area contributed by atoms with Gasteiger partial charge in [0.1, 0.15) is 5.82 Å². The second-order valence-corrected chi connectivity index (χ2v) is 5.14. The van der Waals surface area contributed by atoms with Crippen molar-refractivity contribution in [1.29, 1.82) is 0 Å². The first-order valence-corrected chi connectivity index (χ1v) is 6.94. The smallest absolute Gasteiger partial charge is 0.354 e. The fourth-order valence-electron chi connectivity index (χ4n) is 2.36. The number of hydrogen-bond donors (Lipinski definition) is 1. The number of fused-ring (bicyclic) bond motifs is 1. The number of pyridine rings is 1. The lowest BCUT2D eigenvalue weighted by molar-refractivity contribution is 0.0691. The summed E-state index contributed by atoms with van der Waals surface area (Å²) < 4.78 is 0. The molecule has 1 N–H and O–H groups in total. The number of rotatable bonds is 5. The van der Waals surface area contributed by atoms with Crippen LogP contribution in [0.4, 0.5) is 5.82 Å². The van der Waals surface area contributed by atoms with Crippen molar-refractivity contribution in [3.8, 4) is 0 Å². The average molecular weight is 272 g/mol. The molecular formula is C16H20N2O2. The highest BCUT2D eigenvalue weighted by Gasteiger charge is 2.17. The number of anilines is 1. The number of aromatic carboxylic acids is 1. The second kappa shape index (κ2) is 5.90. The zero-order valence-electron chi connectivity index (χ0n) is 12.1. The number of benzene rings is 1. The van der Waals surface area contributed by atoms with Gasteiger partial charge >= 0.3 is 5.97 Å². The molecule has 0 radical (unpaired) electrons. The van der Waals surface area contributed by atoms with E-state index in [-0.39, 0.29) is 11.7 Å². The van der Waals surface area contributed by atoms with Crippen LogP contribution < -0.4 is 4.90 Å². The Balaban J connectivity index is 2.67. The molecule has 0 saturated heterocycles. The molecule has 1 aromatic carbocycles. The molecule has 0 aliphatic heterocycles. The van der Waals surface area contributed by atoms with Crippen molar-refractivity contribution in [1.82, 2.24) is 4.98 Å². The molecule has 2 aromatic rings. The molecule has 1 heterocycles. The van der Waals surface area contributed by atoms with Gasteiger partial charge in [-0.1, -0.05) is 31.2 Å². The number of nitrogens with zero attached hydrogens (tertiary/aromatic N) is 2. The van der Waals surface area contributed by atoms with E-state index >= 15 is 0 Å². The minimum Gasteiger partial charge on any atom is -0.477 e. The summed E-state index contributed by atoms with van der Waals surface area (Å²) in [4.78, 5) is 17.8. The molecule has 0 fully saturated rings. The third kappa shape index (κ3) is 2.74. The minimum absolute atomic E-state index is 0.0976. The van der Waals surface area contributed by atoms with Crippen molar-refractivity contribution in [3.63, 3.8) is 0 Å². The zero-order chi connectivity index (χ0) is 14.7. The first-order chi connectivity index (χ1) is 9.54. The maximum absolute atomic E-state index is 11.3. The van der Waals surface area contributed by atoms with Crippen LogP contribution in [0, 0.1) is 0 Å². The molecule has 20 heavy (non-hydrogen) atoms. The van der Waals surface area contributed by atoms with Crippen LogP contribution in [0.25, 0.3) is 10.8 Å². The number of carboxylic acids is 1. The summed E-state index contributed by atoms with van der Waals surface area (Å²) in [5.74, 6) is -0.227. The summed E-state index contributed by atoms with van der Waals surface area (Å²) in [6, 6.07) is 9.70. The van der Waals surface area contributed by atoms with Gasteiger partial charge < -0.3 is 10.0 Å². The number of carboxylic acid groups (broad SMARTS) is 1. The number of carbonyl (C=O) groups is 1. The Morgan fingerprint density at radius 3 is 2.65 bits per heavy atom. The van der Waals surface area contributed by atoms with Gasteiger partial charge in [-0.05, 0) is 31.7 Å². The van der Waals surface area contributed by atoms with Crippen molar-refractivity contribution in [2.75, 3.05) is 11.4 Å². The summed E-state index contributed by atoms with van der Waals surface area (Å²) in [7, 11) is 0. The van der Waals surface area contributed by atoms with Crippen molar-refractivity contribution < 1.29 is 9.90 Å². The lowest BCUT2D eigenvalue weighted by Gasteiger charge is -2.28. The third-order valence-electron chi connectivity index (χ3n) is 3.30. The Morgan fingerprint density at radius 2 is 2.05 bits per heavy atom. The molecule has 1 aromatic heterocycles. The zero-order valence-corrected chi connectivity index (χ0v) is 12.1. The number of hydrogen-bond acceptors (Lipinski definition) is 3. The molecule has 0 spiro atoms. The Bertz CT molecular complexity index is 623. The van der Waals surface area contributed by atoms with E-state index in [1.807, 2.05) is 24.3 Å². The quantitative estimate of drug-likeness (QED) is 0.904. The van der Waals surface area contributed by atoms with Gasteiger partial charge in [-0.2, -0.15) is 0 Å². The fourth-order valence-corrected chi connectivity index (χ4v) is 2.36. The van der Waals surface area contributed by atoms with Gasteiger partial charge in [0.2, 0.25) is 0 Å².